The summed E-state index contributed by atoms with van der Waals surface area (Å²) in [6.07, 6.45) is 0.870. The Bertz CT molecular complexity index is 946. The zero-order valence-electron chi connectivity index (χ0n) is 14.9. The van der Waals surface area contributed by atoms with E-state index in [1.807, 2.05) is 12.1 Å². The Kier molecular flexibility index (Phi) is 6.89. The van der Waals surface area contributed by atoms with E-state index in [1.54, 1.807) is 31.2 Å². The molecule has 0 unspecified atom stereocenters. The van der Waals surface area contributed by atoms with Gasteiger partial charge in [0.2, 0.25) is 5.82 Å². The number of nitrogens with one attached hydrogen (secondary N) is 1. The number of halogens is 4. The second-order valence-electron chi connectivity index (χ2n) is 6.06. The van der Waals surface area contributed by atoms with Crippen LogP contribution >= 0.6 is 46.4 Å². The number of hydrogen-bond donors (Lipinski definition) is 1. The first kappa shape index (κ1) is 21.0. The lowest BCUT2D eigenvalue weighted by Gasteiger charge is -2.07. The van der Waals surface area contributed by atoms with Gasteiger partial charge in [-0.1, -0.05) is 58.5 Å². The standard InChI is InChI=1S/C20H16Cl4N2O2/c1-2-28-20(27)19-25-17(7-11-3-5-13(21)9-15(11)23)18(26-19)8-12-4-6-14(22)10-16(12)24/h3-6,9-10H,2,7-8H2,1H3,(H,25,26). The number of H-pyrrole nitrogens is 1. The van der Waals surface area contributed by atoms with Gasteiger partial charge in [0.1, 0.15) is 0 Å². The van der Waals surface area contributed by atoms with Crippen LogP contribution in [0.5, 0.6) is 0 Å². The molecule has 0 aliphatic carbocycles. The summed E-state index contributed by atoms with van der Waals surface area (Å²) in [6, 6.07) is 10.6. The number of ether oxygens (including phenoxy) is 1. The largest absolute Gasteiger partial charge is 0.460 e. The summed E-state index contributed by atoms with van der Waals surface area (Å²) in [6.45, 7) is 2.00. The minimum atomic E-state index is -0.514. The maximum atomic E-state index is 12.1. The molecule has 0 aliphatic rings. The average Bonchev–Trinajstić information content (AvgIpc) is 3.03. The van der Waals surface area contributed by atoms with Crippen molar-refractivity contribution < 1.29 is 9.53 Å². The third-order valence-electron chi connectivity index (χ3n) is 4.09. The monoisotopic (exact) mass is 456 g/mol. The number of hydrogen-bond acceptors (Lipinski definition) is 3. The van der Waals surface area contributed by atoms with E-state index < -0.39 is 5.97 Å². The van der Waals surface area contributed by atoms with Crippen LogP contribution in [0.15, 0.2) is 36.4 Å². The number of nitrogens with zero attached hydrogens (tertiary/aromatic N) is 1. The Balaban J connectivity index is 1.97. The highest BCUT2D eigenvalue weighted by Crippen LogP contribution is 2.27. The number of carbonyl (C=O) groups is 1. The molecule has 3 aromatic rings. The Morgan fingerprint density at radius 1 is 0.964 bits per heavy atom. The maximum absolute atomic E-state index is 12.1. The summed E-state index contributed by atoms with van der Waals surface area (Å²) >= 11 is 24.6. The molecule has 2 aromatic carbocycles. The topological polar surface area (TPSA) is 55.0 Å². The fourth-order valence-electron chi connectivity index (χ4n) is 2.73. The SMILES string of the molecule is CCOC(=O)c1nc(Cc2ccc(Cl)cc2Cl)c(Cc2ccc(Cl)cc2Cl)[nH]1. The van der Waals surface area contributed by atoms with Crippen molar-refractivity contribution in [3.63, 3.8) is 0 Å². The second kappa shape index (κ2) is 9.19. The van der Waals surface area contributed by atoms with Gasteiger partial charge < -0.3 is 9.72 Å². The highest BCUT2D eigenvalue weighted by molar-refractivity contribution is 6.35. The van der Waals surface area contributed by atoms with Crippen molar-refractivity contribution in [3.05, 3.63) is 84.8 Å². The molecular formula is C20H16Cl4N2O2. The molecule has 1 N–H and O–H groups in total. The van der Waals surface area contributed by atoms with Crippen molar-refractivity contribution in [2.45, 2.75) is 19.8 Å². The summed E-state index contributed by atoms with van der Waals surface area (Å²) in [5.74, 6) is -0.374. The first-order valence-corrected chi connectivity index (χ1v) is 10.0. The molecule has 146 valence electrons. The number of aromatic nitrogens is 2. The lowest BCUT2D eigenvalue weighted by atomic mass is 10.0. The molecule has 1 aromatic heterocycles. The Labute approximate surface area is 182 Å². The quantitative estimate of drug-likeness (QED) is 0.436. The normalized spacial score (nSPS) is 10.9. The number of rotatable bonds is 6. The molecule has 0 aliphatic heterocycles. The molecule has 4 nitrogen and oxygen atoms in total. The number of aromatic amines is 1. The molecule has 3 rings (SSSR count). The summed E-state index contributed by atoms with van der Waals surface area (Å²) in [5.41, 5.74) is 3.13. The molecule has 0 amide bonds. The van der Waals surface area contributed by atoms with E-state index in [0.717, 1.165) is 16.8 Å². The molecule has 0 atom stereocenters. The highest BCUT2D eigenvalue weighted by Gasteiger charge is 2.19. The highest BCUT2D eigenvalue weighted by atomic mass is 35.5. The third kappa shape index (κ3) is 5.00. The molecule has 0 fully saturated rings. The van der Waals surface area contributed by atoms with Crippen LogP contribution in [-0.4, -0.2) is 22.5 Å². The van der Waals surface area contributed by atoms with E-state index >= 15 is 0 Å². The van der Waals surface area contributed by atoms with Gasteiger partial charge in [-0.2, -0.15) is 0 Å². The van der Waals surface area contributed by atoms with Crippen molar-refractivity contribution in [3.8, 4) is 0 Å². The molecular weight excluding hydrogens is 442 g/mol. The fourth-order valence-corrected chi connectivity index (χ4v) is 3.69. The van der Waals surface area contributed by atoms with E-state index in [-0.39, 0.29) is 12.4 Å². The average molecular weight is 458 g/mol. The number of imidazole rings is 1. The van der Waals surface area contributed by atoms with E-state index in [1.165, 1.54) is 0 Å². The zero-order chi connectivity index (χ0) is 20.3. The molecule has 1 heterocycles. The molecule has 8 heteroatoms. The number of carbonyl (C=O) groups excluding carboxylic acids is 1. The molecule has 28 heavy (non-hydrogen) atoms. The van der Waals surface area contributed by atoms with E-state index in [2.05, 4.69) is 9.97 Å². The predicted octanol–water partition coefficient (Wildman–Crippen LogP) is 6.38. The van der Waals surface area contributed by atoms with Crippen molar-refractivity contribution in [1.29, 1.82) is 0 Å². The van der Waals surface area contributed by atoms with Crippen LogP contribution in [0.4, 0.5) is 0 Å². The Morgan fingerprint density at radius 3 is 2.07 bits per heavy atom. The lowest BCUT2D eigenvalue weighted by molar-refractivity contribution is 0.0513. The van der Waals surface area contributed by atoms with Crippen LogP contribution in [-0.2, 0) is 17.6 Å². The van der Waals surface area contributed by atoms with E-state index in [4.69, 9.17) is 51.1 Å². The molecule has 0 saturated carbocycles. The van der Waals surface area contributed by atoms with Crippen LogP contribution in [0.2, 0.25) is 20.1 Å². The first-order valence-electron chi connectivity index (χ1n) is 8.50. The molecule has 0 bridgehead atoms. The minimum Gasteiger partial charge on any atom is -0.460 e. The van der Waals surface area contributed by atoms with Crippen LogP contribution in [0.3, 0.4) is 0 Å². The van der Waals surface area contributed by atoms with Gasteiger partial charge in [0, 0.05) is 38.6 Å². The first-order chi connectivity index (χ1) is 13.4. The minimum absolute atomic E-state index is 0.141. The predicted molar refractivity (Wildman–Crippen MR) is 113 cm³/mol. The van der Waals surface area contributed by atoms with Gasteiger partial charge in [0.25, 0.3) is 0 Å². The van der Waals surface area contributed by atoms with E-state index in [0.29, 0.717) is 38.6 Å². The van der Waals surface area contributed by atoms with Crippen LogP contribution < -0.4 is 0 Å². The van der Waals surface area contributed by atoms with Crippen LogP contribution in [0.25, 0.3) is 0 Å². The van der Waals surface area contributed by atoms with Gasteiger partial charge in [-0.05, 0) is 42.3 Å². The van der Waals surface area contributed by atoms with E-state index in [9.17, 15) is 4.79 Å². The van der Waals surface area contributed by atoms with Crippen molar-refractivity contribution in [2.24, 2.45) is 0 Å². The number of esters is 1. The maximum Gasteiger partial charge on any atom is 0.374 e. The fraction of sp³-hybridized carbons (Fsp3) is 0.200. The van der Waals surface area contributed by atoms with Crippen molar-refractivity contribution >= 4 is 52.4 Å². The Hall–Kier alpha value is -1.72. The van der Waals surface area contributed by atoms with Crippen LogP contribution in [0.1, 0.15) is 40.1 Å². The van der Waals surface area contributed by atoms with Gasteiger partial charge in [-0.25, -0.2) is 9.78 Å². The van der Waals surface area contributed by atoms with Crippen LogP contribution in [0, 0.1) is 0 Å². The van der Waals surface area contributed by atoms with Gasteiger partial charge >= 0.3 is 5.97 Å². The zero-order valence-corrected chi connectivity index (χ0v) is 17.9. The molecule has 0 saturated heterocycles. The molecule has 0 radical (unpaired) electrons. The van der Waals surface area contributed by atoms with Crippen molar-refractivity contribution in [2.75, 3.05) is 6.61 Å². The lowest BCUT2D eigenvalue weighted by Crippen LogP contribution is -2.06. The third-order valence-corrected chi connectivity index (χ3v) is 5.26. The second-order valence-corrected chi connectivity index (χ2v) is 7.74. The molecule has 0 spiro atoms. The van der Waals surface area contributed by atoms with Gasteiger partial charge in [0.15, 0.2) is 0 Å². The number of benzene rings is 2. The summed E-state index contributed by atoms with van der Waals surface area (Å²) in [4.78, 5) is 19.6. The van der Waals surface area contributed by atoms with Gasteiger partial charge in [0.05, 0.1) is 12.3 Å². The summed E-state index contributed by atoms with van der Waals surface area (Å²) in [7, 11) is 0. The van der Waals surface area contributed by atoms with Gasteiger partial charge in [-0.15, -0.1) is 0 Å². The van der Waals surface area contributed by atoms with Crippen molar-refractivity contribution in [1.82, 2.24) is 9.97 Å². The summed E-state index contributed by atoms with van der Waals surface area (Å²) < 4.78 is 5.06. The smallest absolute Gasteiger partial charge is 0.374 e. The Morgan fingerprint density at radius 2 is 1.54 bits per heavy atom. The summed E-state index contributed by atoms with van der Waals surface area (Å²) in [5, 5.41) is 2.17. The van der Waals surface area contributed by atoms with Gasteiger partial charge in [-0.3, -0.25) is 0 Å².